The van der Waals surface area contributed by atoms with Gasteiger partial charge in [-0.15, -0.1) is 0 Å². The zero-order chi connectivity index (χ0) is 17.8. The van der Waals surface area contributed by atoms with E-state index in [1.807, 2.05) is 6.07 Å². The van der Waals surface area contributed by atoms with Gasteiger partial charge in [-0.2, -0.15) is 0 Å². The van der Waals surface area contributed by atoms with Crippen molar-refractivity contribution in [3.05, 3.63) is 52.9 Å². The molecule has 0 saturated carbocycles. The average molecular weight is 356 g/mol. The van der Waals surface area contributed by atoms with E-state index < -0.39 is 0 Å². The van der Waals surface area contributed by atoms with Crippen LogP contribution in [-0.4, -0.2) is 30.4 Å². The van der Waals surface area contributed by atoms with Gasteiger partial charge in [-0.05, 0) is 47.7 Å². The number of hydrogen-bond acceptors (Lipinski definition) is 6. The highest BCUT2D eigenvalue weighted by atomic mass is 32.2. The number of carbonyl (C=O) groups excluding carboxylic acids is 1. The van der Waals surface area contributed by atoms with Crippen LogP contribution >= 0.6 is 11.8 Å². The van der Waals surface area contributed by atoms with Crippen molar-refractivity contribution in [2.75, 3.05) is 14.2 Å². The summed E-state index contributed by atoms with van der Waals surface area (Å²) >= 11 is 1.23. The second-order valence-electron chi connectivity index (χ2n) is 5.12. The van der Waals surface area contributed by atoms with Crippen molar-refractivity contribution >= 4 is 34.6 Å². The maximum absolute atomic E-state index is 12.1. The highest BCUT2D eigenvalue weighted by molar-refractivity contribution is 8.18. The van der Waals surface area contributed by atoms with Gasteiger partial charge in [0.05, 0.1) is 24.8 Å². The fourth-order valence-corrected chi connectivity index (χ4v) is 3.10. The fraction of sp³-hybridized carbons (Fsp3) is 0.111. The van der Waals surface area contributed by atoms with Gasteiger partial charge in [-0.1, -0.05) is 12.1 Å². The highest BCUT2D eigenvalue weighted by Gasteiger charge is 2.24. The molecule has 0 atom stereocenters. The van der Waals surface area contributed by atoms with Gasteiger partial charge in [-0.3, -0.25) is 4.79 Å². The predicted octanol–water partition coefficient (Wildman–Crippen LogP) is 3.30. The number of nitrogens with zero attached hydrogens (tertiary/aromatic N) is 1. The van der Waals surface area contributed by atoms with Crippen molar-refractivity contribution in [3.63, 3.8) is 0 Å². The standard InChI is InChI=1S/C18H16N2O4S/c1-23-14-7-6-11(8-15(14)24-2)9-16-17(22)20-18(25-16)19-12-4-3-5-13(21)10-12/h3-10,21H,1-2H3,(H,19,20,22)/b16-9+. The number of ether oxygens (including phenoxy) is 2. The van der Waals surface area contributed by atoms with Crippen molar-refractivity contribution in [2.45, 2.75) is 0 Å². The Morgan fingerprint density at radius 3 is 2.64 bits per heavy atom. The van der Waals surface area contributed by atoms with Gasteiger partial charge >= 0.3 is 0 Å². The van der Waals surface area contributed by atoms with Crippen molar-refractivity contribution in [1.29, 1.82) is 0 Å². The van der Waals surface area contributed by atoms with Crippen LogP contribution in [0, 0.1) is 0 Å². The Kier molecular flexibility index (Phi) is 4.95. The van der Waals surface area contributed by atoms with Crippen LogP contribution in [0.4, 0.5) is 5.69 Å². The lowest BCUT2D eigenvalue weighted by atomic mass is 10.2. The molecule has 1 aliphatic rings. The molecule has 1 fully saturated rings. The van der Waals surface area contributed by atoms with Crippen LogP contribution in [0.3, 0.4) is 0 Å². The fourth-order valence-electron chi connectivity index (χ4n) is 2.25. The maximum Gasteiger partial charge on any atom is 0.264 e. The van der Waals surface area contributed by atoms with E-state index in [4.69, 9.17) is 9.47 Å². The smallest absolute Gasteiger partial charge is 0.264 e. The number of benzene rings is 2. The van der Waals surface area contributed by atoms with E-state index in [1.54, 1.807) is 50.6 Å². The van der Waals surface area contributed by atoms with E-state index >= 15 is 0 Å². The Morgan fingerprint density at radius 1 is 1.12 bits per heavy atom. The van der Waals surface area contributed by atoms with E-state index in [2.05, 4.69) is 10.3 Å². The molecule has 0 aliphatic carbocycles. The van der Waals surface area contributed by atoms with E-state index in [0.717, 1.165) is 5.56 Å². The van der Waals surface area contributed by atoms with Gasteiger partial charge in [0.1, 0.15) is 5.75 Å². The molecular weight excluding hydrogens is 340 g/mol. The number of phenolic OH excluding ortho intramolecular Hbond substituents is 1. The van der Waals surface area contributed by atoms with E-state index in [0.29, 0.717) is 27.3 Å². The third kappa shape index (κ3) is 3.95. The number of rotatable bonds is 4. The minimum absolute atomic E-state index is 0.122. The molecule has 1 heterocycles. The van der Waals surface area contributed by atoms with Gasteiger partial charge in [0.2, 0.25) is 0 Å². The number of carbonyl (C=O) groups is 1. The van der Waals surface area contributed by atoms with Crippen LogP contribution in [0.1, 0.15) is 5.56 Å². The first kappa shape index (κ1) is 16.9. The molecule has 1 amide bonds. The number of nitrogens with one attached hydrogen (secondary N) is 1. The summed E-state index contributed by atoms with van der Waals surface area (Å²) in [5.74, 6) is 1.11. The number of phenols is 1. The van der Waals surface area contributed by atoms with E-state index in [9.17, 15) is 9.90 Å². The van der Waals surface area contributed by atoms with Crippen molar-refractivity contribution < 1.29 is 19.4 Å². The van der Waals surface area contributed by atoms with Crippen LogP contribution in [0.5, 0.6) is 17.2 Å². The maximum atomic E-state index is 12.1. The third-order valence-corrected chi connectivity index (χ3v) is 4.33. The monoisotopic (exact) mass is 356 g/mol. The molecule has 0 spiro atoms. The van der Waals surface area contributed by atoms with Gasteiger partial charge in [0, 0.05) is 6.07 Å². The van der Waals surface area contributed by atoms with Crippen molar-refractivity contribution in [2.24, 2.45) is 4.99 Å². The minimum atomic E-state index is -0.223. The first-order chi connectivity index (χ1) is 12.1. The topological polar surface area (TPSA) is 80.2 Å². The molecule has 0 unspecified atom stereocenters. The Balaban J connectivity index is 1.84. The quantitative estimate of drug-likeness (QED) is 0.822. The Hall–Kier alpha value is -2.93. The zero-order valence-corrected chi connectivity index (χ0v) is 14.5. The number of hydrogen-bond donors (Lipinski definition) is 2. The molecule has 0 bridgehead atoms. The number of amides is 1. The normalized spacial score (nSPS) is 17.0. The summed E-state index contributed by atoms with van der Waals surface area (Å²) in [6, 6.07) is 11.9. The number of amidine groups is 1. The summed E-state index contributed by atoms with van der Waals surface area (Å²) in [5.41, 5.74) is 1.38. The third-order valence-electron chi connectivity index (χ3n) is 3.42. The van der Waals surface area contributed by atoms with Gasteiger partial charge < -0.3 is 19.9 Å². The number of aromatic hydroxyl groups is 1. The van der Waals surface area contributed by atoms with Gasteiger partial charge in [0.15, 0.2) is 16.7 Å². The molecule has 128 valence electrons. The van der Waals surface area contributed by atoms with E-state index in [-0.39, 0.29) is 11.7 Å². The van der Waals surface area contributed by atoms with Crippen molar-refractivity contribution in [3.8, 4) is 17.2 Å². The SMILES string of the molecule is COc1ccc(/C=C2/SC(=Nc3cccc(O)c3)NC2=O)cc1OC. The van der Waals surface area contributed by atoms with Gasteiger partial charge in [0.25, 0.3) is 5.91 Å². The van der Waals surface area contributed by atoms with Crippen LogP contribution in [-0.2, 0) is 4.79 Å². The molecule has 25 heavy (non-hydrogen) atoms. The molecule has 1 saturated heterocycles. The Labute approximate surface area is 149 Å². The first-order valence-electron chi connectivity index (χ1n) is 7.39. The molecular formula is C18H16N2O4S. The number of methoxy groups -OCH3 is 2. The lowest BCUT2D eigenvalue weighted by Crippen LogP contribution is -2.19. The molecule has 0 aromatic heterocycles. The summed E-state index contributed by atoms with van der Waals surface area (Å²) in [6.07, 6.45) is 1.76. The van der Waals surface area contributed by atoms with Crippen LogP contribution in [0.25, 0.3) is 6.08 Å². The number of thioether (sulfide) groups is 1. The second kappa shape index (κ2) is 7.31. The lowest BCUT2D eigenvalue weighted by molar-refractivity contribution is -0.115. The summed E-state index contributed by atoms with van der Waals surface area (Å²) in [7, 11) is 3.13. The molecule has 2 aromatic carbocycles. The van der Waals surface area contributed by atoms with Gasteiger partial charge in [-0.25, -0.2) is 4.99 Å². The number of aliphatic imine (C=N–C) groups is 1. The predicted molar refractivity (Wildman–Crippen MR) is 98.5 cm³/mol. The van der Waals surface area contributed by atoms with Crippen molar-refractivity contribution in [1.82, 2.24) is 5.32 Å². The zero-order valence-electron chi connectivity index (χ0n) is 13.6. The Bertz CT molecular complexity index is 877. The Morgan fingerprint density at radius 2 is 1.92 bits per heavy atom. The van der Waals surface area contributed by atoms with Crippen LogP contribution in [0.15, 0.2) is 52.4 Å². The van der Waals surface area contributed by atoms with Crippen LogP contribution < -0.4 is 14.8 Å². The minimum Gasteiger partial charge on any atom is -0.508 e. The summed E-state index contributed by atoms with van der Waals surface area (Å²) in [4.78, 5) is 17.0. The second-order valence-corrected chi connectivity index (χ2v) is 6.15. The lowest BCUT2D eigenvalue weighted by Gasteiger charge is -2.07. The highest BCUT2D eigenvalue weighted by Crippen LogP contribution is 2.32. The molecule has 2 N–H and O–H groups in total. The summed E-state index contributed by atoms with van der Waals surface area (Å²) in [6.45, 7) is 0. The van der Waals surface area contributed by atoms with Crippen LogP contribution in [0.2, 0.25) is 0 Å². The molecule has 6 nitrogen and oxygen atoms in total. The molecule has 3 rings (SSSR count). The molecule has 7 heteroatoms. The summed E-state index contributed by atoms with van der Waals surface area (Å²) in [5, 5.41) is 12.7. The average Bonchev–Trinajstić information content (AvgIpc) is 2.93. The van der Waals surface area contributed by atoms with E-state index in [1.165, 1.54) is 17.8 Å². The molecule has 1 aliphatic heterocycles. The summed E-state index contributed by atoms with van der Waals surface area (Å²) < 4.78 is 10.5. The molecule has 0 radical (unpaired) electrons. The largest absolute Gasteiger partial charge is 0.508 e. The molecule has 2 aromatic rings. The first-order valence-corrected chi connectivity index (χ1v) is 8.21.